The second-order valence-electron chi connectivity index (χ2n) is 5.10. The third kappa shape index (κ3) is 7.02. The molecule has 1 aliphatic heterocycles. The minimum atomic E-state index is -0.287. The fourth-order valence-electron chi connectivity index (χ4n) is 2.28. The summed E-state index contributed by atoms with van der Waals surface area (Å²) < 4.78 is 16.0. The number of rotatable bonds is 10. The predicted molar refractivity (Wildman–Crippen MR) is 73.4 cm³/mol. The molecule has 3 heteroatoms. The summed E-state index contributed by atoms with van der Waals surface area (Å²) in [6.07, 6.45) is 13.8. The quantitative estimate of drug-likeness (QED) is 0.436. The van der Waals surface area contributed by atoms with Gasteiger partial charge in [0, 0.05) is 6.42 Å². The Morgan fingerprint density at radius 1 is 1.00 bits per heavy atom. The van der Waals surface area contributed by atoms with Crippen LogP contribution >= 0.6 is 0 Å². The van der Waals surface area contributed by atoms with Gasteiger partial charge >= 0.3 is 0 Å². The Morgan fingerprint density at radius 2 is 1.61 bits per heavy atom. The summed E-state index contributed by atoms with van der Waals surface area (Å²) in [6.45, 7) is 3.57. The van der Waals surface area contributed by atoms with E-state index in [4.69, 9.17) is 14.2 Å². The van der Waals surface area contributed by atoms with Gasteiger partial charge in [-0.15, -0.1) is 0 Å². The number of methoxy groups -OCH3 is 1. The summed E-state index contributed by atoms with van der Waals surface area (Å²) in [5.74, 6) is -0.287. The molecule has 1 saturated heterocycles. The van der Waals surface area contributed by atoms with Crippen molar-refractivity contribution in [1.82, 2.24) is 0 Å². The zero-order valence-electron chi connectivity index (χ0n) is 12.0. The highest BCUT2D eigenvalue weighted by atomic mass is 16.7. The summed E-state index contributed by atoms with van der Waals surface area (Å²) in [4.78, 5) is 0. The molecule has 1 aliphatic rings. The molecule has 0 aromatic heterocycles. The maximum atomic E-state index is 5.58. The van der Waals surface area contributed by atoms with Gasteiger partial charge in [-0.2, -0.15) is 0 Å². The van der Waals surface area contributed by atoms with Crippen LogP contribution in [0.1, 0.15) is 58.3 Å². The smallest absolute Gasteiger partial charge is 0.165 e. The molecule has 0 amide bonds. The lowest BCUT2D eigenvalue weighted by molar-refractivity contribution is -0.147. The molecule has 0 aromatic carbocycles. The fraction of sp³-hybridized carbons (Fsp3) is 0.867. The van der Waals surface area contributed by atoms with Crippen LogP contribution in [0.25, 0.3) is 0 Å². The van der Waals surface area contributed by atoms with Crippen molar-refractivity contribution in [2.75, 3.05) is 20.3 Å². The van der Waals surface area contributed by atoms with Crippen molar-refractivity contribution < 1.29 is 14.2 Å². The molecule has 0 aromatic rings. The van der Waals surface area contributed by atoms with E-state index in [0.717, 1.165) is 26.1 Å². The molecule has 0 N–H and O–H groups in total. The summed E-state index contributed by atoms with van der Waals surface area (Å²) >= 11 is 0. The van der Waals surface area contributed by atoms with Gasteiger partial charge in [0.25, 0.3) is 0 Å². The molecule has 1 heterocycles. The van der Waals surface area contributed by atoms with Crippen LogP contribution in [0, 0.1) is 0 Å². The first-order chi connectivity index (χ1) is 8.77. The van der Waals surface area contributed by atoms with Crippen LogP contribution in [0.4, 0.5) is 0 Å². The highest BCUT2D eigenvalue weighted by Crippen LogP contribution is 2.25. The zero-order valence-corrected chi connectivity index (χ0v) is 12.0. The number of unbranched alkanes of at least 4 members (excludes halogenated alkanes) is 6. The molecule has 106 valence electrons. The number of hydrogen-bond donors (Lipinski definition) is 0. The minimum absolute atomic E-state index is 0.287. The summed E-state index contributed by atoms with van der Waals surface area (Å²) in [5.41, 5.74) is 0. The summed E-state index contributed by atoms with van der Waals surface area (Å²) in [6, 6.07) is 0. The van der Waals surface area contributed by atoms with Crippen LogP contribution < -0.4 is 0 Å². The van der Waals surface area contributed by atoms with Crippen LogP contribution in [0.3, 0.4) is 0 Å². The van der Waals surface area contributed by atoms with Gasteiger partial charge in [-0.3, -0.25) is 0 Å². The van der Waals surface area contributed by atoms with Crippen LogP contribution in [-0.2, 0) is 14.2 Å². The number of ether oxygens (including phenoxy) is 3. The van der Waals surface area contributed by atoms with Gasteiger partial charge in [-0.25, -0.2) is 0 Å². The van der Waals surface area contributed by atoms with E-state index in [1.54, 1.807) is 13.4 Å². The van der Waals surface area contributed by atoms with E-state index in [1.807, 2.05) is 0 Å². The molecule has 0 atom stereocenters. The van der Waals surface area contributed by atoms with Crippen molar-refractivity contribution in [1.29, 1.82) is 0 Å². The second kappa shape index (κ2) is 9.40. The van der Waals surface area contributed by atoms with Crippen LogP contribution in [-0.4, -0.2) is 26.1 Å². The van der Waals surface area contributed by atoms with Crippen molar-refractivity contribution in [3.8, 4) is 0 Å². The molecule has 1 rings (SSSR count). The van der Waals surface area contributed by atoms with E-state index in [-0.39, 0.29) is 5.79 Å². The Morgan fingerprint density at radius 3 is 2.28 bits per heavy atom. The Kier molecular flexibility index (Phi) is 8.10. The van der Waals surface area contributed by atoms with Crippen molar-refractivity contribution in [2.45, 2.75) is 64.1 Å². The van der Waals surface area contributed by atoms with E-state index in [0.29, 0.717) is 0 Å². The van der Waals surface area contributed by atoms with Gasteiger partial charge < -0.3 is 14.2 Å². The first-order valence-corrected chi connectivity index (χ1v) is 7.22. The molecular weight excluding hydrogens is 228 g/mol. The average Bonchev–Trinajstić information content (AvgIpc) is 2.79. The highest BCUT2D eigenvalue weighted by molar-refractivity contribution is 4.72. The van der Waals surface area contributed by atoms with E-state index in [1.165, 1.54) is 38.5 Å². The van der Waals surface area contributed by atoms with Crippen molar-refractivity contribution >= 4 is 0 Å². The summed E-state index contributed by atoms with van der Waals surface area (Å²) in [7, 11) is 1.69. The monoisotopic (exact) mass is 256 g/mol. The first-order valence-electron chi connectivity index (χ1n) is 7.22. The molecule has 0 radical (unpaired) electrons. The third-order valence-corrected chi connectivity index (χ3v) is 3.38. The Bertz CT molecular complexity index is 220. The number of hydrogen-bond acceptors (Lipinski definition) is 3. The predicted octanol–water partition coefficient (Wildman–Crippen LogP) is 4.03. The van der Waals surface area contributed by atoms with Gasteiger partial charge in [0.15, 0.2) is 5.79 Å². The maximum Gasteiger partial charge on any atom is 0.165 e. The van der Waals surface area contributed by atoms with E-state index in [9.17, 15) is 0 Å². The molecule has 0 unspecified atom stereocenters. The minimum Gasteiger partial charge on any atom is -0.505 e. The highest BCUT2D eigenvalue weighted by Gasteiger charge is 2.29. The SMILES string of the molecule is CO/C=C/CCCCCCCCC1(C)OCCO1. The van der Waals surface area contributed by atoms with Gasteiger partial charge in [0.05, 0.1) is 26.6 Å². The zero-order chi connectivity index (χ0) is 13.1. The molecule has 1 fully saturated rings. The molecule has 0 saturated carbocycles. The Labute approximate surface area is 111 Å². The largest absolute Gasteiger partial charge is 0.505 e. The third-order valence-electron chi connectivity index (χ3n) is 3.38. The summed E-state index contributed by atoms with van der Waals surface area (Å²) in [5, 5.41) is 0. The number of allylic oxidation sites excluding steroid dienone is 1. The molecule has 0 aliphatic carbocycles. The van der Waals surface area contributed by atoms with Gasteiger partial charge in [-0.05, 0) is 32.3 Å². The van der Waals surface area contributed by atoms with E-state index in [2.05, 4.69) is 13.0 Å². The van der Waals surface area contributed by atoms with Crippen molar-refractivity contribution in [3.05, 3.63) is 12.3 Å². The van der Waals surface area contributed by atoms with E-state index < -0.39 is 0 Å². The van der Waals surface area contributed by atoms with Crippen molar-refractivity contribution in [2.24, 2.45) is 0 Å². The first kappa shape index (κ1) is 15.5. The molecule has 3 nitrogen and oxygen atoms in total. The molecule has 18 heavy (non-hydrogen) atoms. The molecule has 0 spiro atoms. The van der Waals surface area contributed by atoms with Crippen molar-refractivity contribution in [3.63, 3.8) is 0 Å². The molecule has 0 bridgehead atoms. The van der Waals surface area contributed by atoms with Gasteiger partial charge in [-0.1, -0.05) is 25.7 Å². The second-order valence-corrected chi connectivity index (χ2v) is 5.10. The molecular formula is C15H28O3. The lowest BCUT2D eigenvalue weighted by Crippen LogP contribution is -2.24. The fourth-order valence-corrected chi connectivity index (χ4v) is 2.28. The lowest BCUT2D eigenvalue weighted by atomic mass is 10.1. The van der Waals surface area contributed by atoms with Crippen LogP contribution in [0.5, 0.6) is 0 Å². The van der Waals surface area contributed by atoms with Gasteiger partial charge in [0.1, 0.15) is 0 Å². The van der Waals surface area contributed by atoms with Gasteiger partial charge in [0.2, 0.25) is 0 Å². The standard InChI is InChI=1S/C15H28O3/c1-15(17-13-14-18-15)11-9-7-5-3-4-6-8-10-12-16-2/h10,12H,3-9,11,13-14H2,1-2H3/b12-10+. The normalized spacial score (nSPS) is 18.6. The van der Waals surface area contributed by atoms with Crippen LogP contribution in [0.15, 0.2) is 12.3 Å². The average molecular weight is 256 g/mol. The Hall–Kier alpha value is -0.540. The lowest BCUT2D eigenvalue weighted by Gasteiger charge is -2.21. The van der Waals surface area contributed by atoms with Crippen LogP contribution in [0.2, 0.25) is 0 Å². The van der Waals surface area contributed by atoms with E-state index >= 15 is 0 Å². The Balaban J connectivity index is 1.82. The maximum absolute atomic E-state index is 5.58. The topological polar surface area (TPSA) is 27.7 Å².